The molecule has 1 atom stereocenters. The van der Waals surface area contributed by atoms with Gasteiger partial charge in [-0.3, -0.25) is 19.1 Å². The molecule has 1 aliphatic carbocycles. The van der Waals surface area contributed by atoms with Crippen molar-refractivity contribution in [1.82, 2.24) is 4.57 Å². The fourth-order valence-corrected chi connectivity index (χ4v) is 5.82. The minimum Gasteiger partial charge on any atom is -0.492 e. The summed E-state index contributed by atoms with van der Waals surface area (Å²) in [6.45, 7) is 2.62. The first-order chi connectivity index (χ1) is 18.4. The Labute approximate surface area is 230 Å². The number of aromatic nitrogens is 1. The number of cyclic esters (lactones) is 1. The molecule has 1 amide bonds. The summed E-state index contributed by atoms with van der Waals surface area (Å²) >= 11 is 7.18. The van der Waals surface area contributed by atoms with Gasteiger partial charge >= 0.3 is 6.09 Å². The smallest absolute Gasteiger partial charge is 0.414 e. The van der Waals surface area contributed by atoms with Crippen molar-refractivity contribution in [3.05, 3.63) is 73.8 Å². The number of ketones is 1. The van der Waals surface area contributed by atoms with Gasteiger partial charge in [-0.15, -0.1) is 11.3 Å². The Morgan fingerprint density at radius 1 is 1.16 bits per heavy atom. The monoisotopic (exact) mass is 554 g/mol. The van der Waals surface area contributed by atoms with Crippen molar-refractivity contribution in [2.45, 2.75) is 58.0 Å². The number of halogens is 1. The van der Waals surface area contributed by atoms with Crippen LogP contribution in [0.4, 0.5) is 10.5 Å². The molecular weight excluding hydrogens is 524 g/mol. The van der Waals surface area contributed by atoms with Crippen LogP contribution in [0, 0.1) is 5.92 Å². The number of rotatable bonds is 12. The van der Waals surface area contributed by atoms with Crippen LogP contribution in [0.25, 0.3) is 5.69 Å². The zero-order chi connectivity index (χ0) is 26.6. The predicted molar refractivity (Wildman–Crippen MR) is 149 cm³/mol. The molecule has 200 valence electrons. The first kappa shape index (κ1) is 26.5. The van der Waals surface area contributed by atoms with Gasteiger partial charge in [0.25, 0.3) is 5.56 Å². The second-order valence-electron chi connectivity index (χ2n) is 9.81. The van der Waals surface area contributed by atoms with Crippen molar-refractivity contribution in [3.8, 4) is 11.4 Å². The van der Waals surface area contributed by atoms with Crippen LogP contribution in [0.1, 0.15) is 60.7 Å². The highest BCUT2D eigenvalue weighted by atomic mass is 35.5. The number of thiophene rings is 1. The summed E-state index contributed by atoms with van der Waals surface area (Å²) in [5.41, 5.74) is 2.00. The average Bonchev–Trinajstić information content (AvgIpc) is 3.50. The molecule has 1 aliphatic heterocycles. The normalized spacial score (nSPS) is 17.1. The number of nitrogens with zero attached hydrogens (tertiary/aromatic N) is 2. The van der Waals surface area contributed by atoms with E-state index in [1.807, 2.05) is 19.1 Å². The molecule has 2 fully saturated rings. The Bertz CT molecular complexity index is 1380. The first-order valence-electron chi connectivity index (χ1n) is 13.2. The van der Waals surface area contributed by atoms with E-state index < -0.39 is 12.2 Å². The zero-order valence-electron chi connectivity index (χ0n) is 21.4. The molecule has 5 rings (SSSR count). The van der Waals surface area contributed by atoms with Crippen molar-refractivity contribution in [3.63, 3.8) is 0 Å². The second kappa shape index (κ2) is 11.7. The molecule has 1 aromatic carbocycles. The summed E-state index contributed by atoms with van der Waals surface area (Å²) in [4.78, 5) is 40.5. The number of pyridine rings is 1. The van der Waals surface area contributed by atoms with Gasteiger partial charge in [-0.1, -0.05) is 36.9 Å². The van der Waals surface area contributed by atoms with Gasteiger partial charge in [0.05, 0.1) is 33.7 Å². The number of benzene rings is 1. The lowest BCUT2D eigenvalue weighted by atomic mass is 10.1. The van der Waals surface area contributed by atoms with Gasteiger partial charge in [0.15, 0.2) is 5.78 Å². The Morgan fingerprint density at radius 3 is 2.74 bits per heavy atom. The molecule has 38 heavy (non-hydrogen) atoms. The van der Waals surface area contributed by atoms with Crippen LogP contribution in [0.5, 0.6) is 5.75 Å². The molecule has 2 aliphatic rings. The number of hydrogen-bond donors (Lipinski definition) is 0. The molecule has 0 unspecified atom stereocenters. The fraction of sp³-hybridized carbons (Fsp3) is 0.414. The van der Waals surface area contributed by atoms with E-state index in [2.05, 4.69) is 0 Å². The van der Waals surface area contributed by atoms with Crippen LogP contribution in [0.3, 0.4) is 0 Å². The van der Waals surface area contributed by atoms with Crippen molar-refractivity contribution in [2.24, 2.45) is 5.92 Å². The van der Waals surface area contributed by atoms with Crippen LogP contribution in [0.2, 0.25) is 4.34 Å². The van der Waals surface area contributed by atoms with Gasteiger partial charge in [-0.25, -0.2) is 4.79 Å². The van der Waals surface area contributed by atoms with Crippen molar-refractivity contribution in [1.29, 1.82) is 0 Å². The minimum atomic E-state index is -0.466. The van der Waals surface area contributed by atoms with E-state index in [0.717, 1.165) is 24.3 Å². The number of Topliss-reactive ketones (excluding diaryl/α,β-unsaturated/α-hetero) is 1. The molecular formula is C29H31ClN2O5S. The maximum absolute atomic E-state index is 13.3. The lowest BCUT2D eigenvalue weighted by Gasteiger charge is -2.18. The third-order valence-corrected chi connectivity index (χ3v) is 8.28. The largest absolute Gasteiger partial charge is 0.492 e. The third kappa shape index (κ3) is 6.13. The molecule has 3 aromatic rings. The molecule has 0 N–H and O–H groups in total. The van der Waals surface area contributed by atoms with E-state index in [1.165, 1.54) is 30.6 Å². The topological polar surface area (TPSA) is 77.8 Å². The SMILES string of the molecule is CCOc1cc(N2C[C@H](CCC(=O)c3ccc(Cl)s3)OC2=O)ccc1-n1cccc(CCCC2CC2)c1=O. The third-order valence-electron chi connectivity index (χ3n) is 7.01. The van der Waals surface area contributed by atoms with Gasteiger partial charge in [-0.05, 0) is 62.4 Å². The van der Waals surface area contributed by atoms with Crippen molar-refractivity contribution in [2.75, 3.05) is 18.1 Å². The number of aryl methyl sites for hydroxylation is 1. The molecule has 3 heterocycles. The Balaban J connectivity index is 1.29. The Hall–Kier alpha value is -3.10. The Kier molecular flexibility index (Phi) is 8.19. The summed E-state index contributed by atoms with van der Waals surface area (Å²) in [7, 11) is 0. The van der Waals surface area contributed by atoms with Gasteiger partial charge < -0.3 is 9.47 Å². The summed E-state index contributed by atoms with van der Waals surface area (Å²) in [6.07, 6.45) is 7.18. The molecule has 0 radical (unpaired) electrons. The summed E-state index contributed by atoms with van der Waals surface area (Å²) in [5.74, 6) is 1.35. The molecule has 1 saturated heterocycles. The number of amides is 1. The number of carbonyl (C=O) groups is 2. The van der Waals surface area contributed by atoms with Gasteiger partial charge in [0.1, 0.15) is 11.9 Å². The van der Waals surface area contributed by atoms with E-state index in [-0.39, 0.29) is 17.8 Å². The molecule has 0 bridgehead atoms. The molecule has 0 spiro atoms. The average molecular weight is 555 g/mol. The van der Waals surface area contributed by atoms with E-state index in [1.54, 1.807) is 46.0 Å². The minimum absolute atomic E-state index is 0.0143. The second-order valence-corrected chi connectivity index (χ2v) is 11.5. The number of carbonyl (C=O) groups excluding carboxylic acids is 2. The van der Waals surface area contributed by atoms with E-state index in [9.17, 15) is 14.4 Å². The number of anilines is 1. The van der Waals surface area contributed by atoms with Crippen LogP contribution in [0.15, 0.2) is 53.5 Å². The van der Waals surface area contributed by atoms with Crippen LogP contribution in [-0.2, 0) is 11.2 Å². The van der Waals surface area contributed by atoms with Crippen LogP contribution in [-0.4, -0.2) is 35.7 Å². The zero-order valence-corrected chi connectivity index (χ0v) is 22.9. The molecule has 9 heteroatoms. The van der Waals surface area contributed by atoms with E-state index >= 15 is 0 Å². The van der Waals surface area contributed by atoms with Crippen LogP contribution < -0.4 is 15.2 Å². The summed E-state index contributed by atoms with van der Waals surface area (Å²) < 4.78 is 13.6. The molecule has 2 aromatic heterocycles. The summed E-state index contributed by atoms with van der Waals surface area (Å²) in [6, 6.07) is 12.6. The summed E-state index contributed by atoms with van der Waals surface area (Å²) in [5, 5.41) is 0. The van der Waals surface area contributed by atoms with Crippen LogP contribution >= 0.6 is 22.9 Å². The van der Waals surface area contributed by atoms with E-state index in [4.69, 9.17) is 21.1 Å². The quantitative estimate of drug-likeness (QED) is 0.234. The van der Waals surface area contributed by atoms with Gasteiger partial charge in [-0.2, -0.15) is 0 Å². The van der Waals surface area contributed by atoms with Gasteiger partial charge in [0.2, 0.25) is 0 Å². The van der Waals surface area contributed by atoms with Gasteiger partial charge in [0, 0.05) is 24.2 Å². The maximum atomic E-state index is 13.3. The fourth-order valence-electron chi connectivity index (χ4n) is 4.81. The lowest BCUT2D eigenvalue weighted by Crippen LogP contribution is -2.25. The Morgan fingerprint density at radius 2 is 2.00 bits per heavy atom. The standard InChI is InChI=1S/C29H31ClN2O5S/c1-2-36-25-17-21(32-18-22(37-29(32)35)11-13-24(33)26-14-15-27(30)38-26)10-12-23(25)31-16-4-7-20(28(31)34)6-3-5-19-8-9-19/h4,7,10,12,14-17,19,22H,2-3,5-6,8-9,11,13,18H2,1H3/t22-/m0/s1. The highest BCUT2D eigenvalue weighted by molar-refractivity contribution is 7.18. The molecule has 7 nitrogen and oxygen atoms in total. The number of ether oxygens (including phenoxy) is 2. The lowest BCUT2D eigenvalue weighted by molar-refractivity contribution is 0.0943. The van der Waals surface area contributed by atoms with E-state index in [0.29, 0.717) is 45.9 Å². The maximum Gasteiger partial charge on any atom is 0.414 e. The van der Waals surface area contributed by atoms with Crippen molar-refractivity contribution >= 4 is 40.5 Å². The van der Waals surface area contributed by atoms with Crippen molar-refractivity contribution < 1.29 is 19.1 Å². The predicted octanol–water partition coefficient (Wildman–Crippen LogP) is 6.67. The first-order valence-corrected chi connectivity index (χ1v) is 14.4. The number of hydrogen-bond acceptors (Lipinski definition) is 6. The highest BCUT2D eigenvalue weighted by Gasteiger charge is 2.33. The molecule has 1 saturated carbocycles. The highest BCUT2D eigenvalue weighted by Crippen LogP contribution is 2.34.